The number of nitrogens with one attached hydrogen (secondary N) is 4. The van der Waals surface area contributed by atoms with Gasteiger partial charge in [-0.3, -0.25) is 9.78 Å². The van der Waals surface area contributed by atoms with Crippen molar-refractivity contribution >= 4 is 22.4 Å². The van der Waals surface area contributed by atoms with Gasteiger partial charge in [0.15, 0.2) is 6.23 Å². The molecule has 1 atom stereocenters. The molecule has 0 saturated heterocycles. The number of aliphatic hydroxyl groups excluding tert-OH is 1. The molecular weight excluding hydrogens is 462 g/mol. The van der Waals surface area contributed by atoms with Crippen molar-refractivity contribution in [3.8, 4) is 11.1 Å². The van der Waals surface area contributed by atoms with Crippen molar-refractivity contribution in [2.75, 3.05) is 0 Å². The van der Waals surface area contributed by atoms with Gasteiger partial charge in [-0.25, -0.2) is 0 Å². The first-order chi connectivity index (χ1) is 18.1. The van der Waals surface area contributed by atoms with Crippen LogP contribution in [0.15, 0.2) is 97.4 Å². The summed E-state index contributed by atoms with van der Waals surface area (Å²) in [7, 11) is 0. The van der Waals surface area contributed by atoms with Gasteiger partial charge in [-0.1, -0.05) is 30.3 Å². The number of carbonyl (C=O) groups excluding carboxylic acids is 1. The van der Waals surface area contributed by atoms with Gasteiger partial charge in [-0.05, 0) is 64.6 Å². The van der Waals surface area contributed by atoms with E-state index in [1.807, 2.05) is 73.3 Å². The maximum absolute atomic E-state index is 12.6. The van der Waals surface area contributed by atoms with Gasteiger partial charge >= 0.3 is 0 Å². The van der Waals surface area contributed by atoms with E-state index in [2.05, 4.69) is 38.1 Å². The smallest absolute Gasteiger partial charge is 0.220 e. The van der Waals surface area contributed by atoms with E-state index in [1.54, 1.807) is 6.20 Å². The fraction of sp³-hybridized carbons (Fsp3) is 0.133. The van der Waals surface area contributed by atoms with Crippen LogP contribution < -0.4 is 16.0 Å². The van der Waals surface area contributed by atoms with E-state index in [4.69, 9.17) is 0 Å². The molecule has 0 spiro atoms. The van der Waals surface area contributed by atoms with Crippen LogP contribution >= 0.6 is 0 Å². The molecular formula is C30H27N5O2. The molecule has 0 aliphatic carbocycles. The summed E-state index contributed by atoms with van der Waals surface area (Å²) in [6.07, 6.45) is 13.2. The number of nitrogens with zero attached hydrogens (tertiary/aromatic N) is 1. The highest BCUT2D eigenvalue weighted by molar-refractivity contribution is 5.88. The second kappa shape index (κ2) is 9.79. The number of aliphatic hydroxyl groups is 1. The molecule has 0 radical (unpaired) electrons. The summed E-state index contributed by atoms with van der Waals surface area (Å²) in [6.45, 7) is 0.416. The number of pyridine rings is 1. The first kappa shape index (κ1) is 22.8. The Morgan fingerprint density at radius 1 is 0.946 bits per heavy atom. The van der Waals surface area contributed by atoms with Crippen LogP contribution in [0.5, 0.6) is 0 Å². The highest BCUT2D eigenvalue weighted by Gasteiger charge is 2.16. The highest BCUT2D eigenvalue weighted by Crippen LogP contribution is 2.30. The molecule has 6 rings (SSSR count). The quantitative estimate of drug-likeness (QED) is 0.252. The Labute approximate surface area is 214 Å². The minimum absolute atomic E-state index is 0.00443. The van der Waals surface area contributed by atoms with Gasteiger partial charge in [0.05, 0.1) is 5.70 Å². The maximum Gasteiger partial charge on any atom is 0.220 e. The second-order valence-electron chi connectivity index (χ2n) is 9.31. The van der Waals surface area contributed by atoms with Crippen LogP contribution in [0.4, 0.5) is 0 Å². The number of hydrogen-bond donors (Lipinski definition) is 5. The Balaban J connectivity index is 1.42. The standard InChI is InChI=1S/C30H27N5O2/c36-29-7-4-19-2-1-3-21(10-19)23-8-9-31-17-25(12-23)35-30(37)27-18-33-28-6-5-22(13-26(27)28)24-11-20(15-34-29)14-32-16-24/h1-3,5-6,8-14,16-18,30-31,33,35,37H,4,7,15H2,(H,34,36). The van der Waals surface area contributed by atoms with Gasteiger partial charge in [0, 0.05) is 66.0 Å². The number of allylic oxidation sites excluding steroid dienone is 3. The van der Waals surface area contributed by atoms with Crippen molar-refractivity contribution in [1.82, 2.24) is 25.9 Å². The lowest BCUT2D eigenvalue weighted by atomic mass is 9.99. The number of H-pyrrole nitrogens is 1. The molecule has 2 aromatic heterocycles. The summed E-state index contributed by atoms with van der Waals surface area (Å²) >= 11 is 0. The fourth-order valence-electron chi connectivity index (χ4n) is 4.78. The number of benzene rings is 2. The first-order valence-electron chi connectivity index (χ1n) is 12.3. The van der Waals surface area contributed by atoms with Crippen LogP contribution in [0.2, 0.25) is 0 Å². The van der Waals surface area contributed by atoms with E-state index in [1.165, 1.54) is 0 Å². The monoisotopic (exact) mass is 489 g/mol. The molecule has 2 aliphatic rings. The third-order valence-electron chi connectivity index (χ3n) is 6.74. The van der Waals surface area contributed by atoms with Gasteiger partial charge in [-0.2, -0.15) is 0 Å². The fourth-order valence-corrected chi connectivity index (χ4v) is 4.78. The summed E-state index contributed by atoms with van der Waals surface area (Å²) < 4.78 is 0. The normalized spacial score (nSPS) is 17.6. The van der Waals surface area contributed by atoms with Crippen molar-refractivity contribution in [1.29, 1.82) is 0 Å². The van der Waals surface area contributed by atoms with Crippen molar-refractivity contribution in [2.45, 2.75) is 25.6 Å². The number of aromatic nitrogens is 2. The van der Waals surface area contributed by atoms with Crippen molar-refractivity contribution < 1.29 is 9.90 Å². The van der Waals surface area contributed by atoms with Crippen LogP contribution in [-0.2, 0) is 17.8 Å². The Kier molecular flexibility index (Phi) is 6.04. The molecule has 4 aromatic rings. The summed E-state index contributed by atoms with van der Waals surface area (Å²) in [6, 6.07) is 16.3. The van der Waals surface area contributed by atoms with Crippen molar-refractivity contribution in [3.63, 3.8) is 0 Å². The lowest BCUT2D eigenvalue weighted by molar-refractivity contribution is -0.121. The summed E-state index contributed by atoms with van der Waals surface area (Å²) in [5, 5.41) is 21.5. The minimum Gasteiger partial charge on any atom is -0.369 e. The van der Waals surface area contributed by atoms with Gasteiger partial charge in [0.25, 0.3) is 0 Å². The molecule has 0 fully saturated rings. The van der Waals surface area contributed by atoms with Gasteiger partial charge in [0.2, 0.25) is 5.91 Å². The maximum atomic E-state index is 12.6. The summed E-state index contributed by atoms with van der Waals surface area (Å²) in [4.78, 5) is 20.3. The number of aromatic amines is 1. The van der Waals surface area contributed by atoms with Crippen LogP contribution in [0, 0.1) is 0 Å². The molecule has 0 saturated carbocycles. The Morgan fingerprint density at radius 2 is 1.86 bits per heavy atom. The molecule has 5 N–H and O–H groups in total. The number of amides is 1. The Bertz CT molecular complexity index is 1580. The van der Waals surface area contributed by atoms with Crippen molar-refractivity contribution in [2.24, 2.45) is 0 Å². The average Bonchev–Trinajstić information content (AvgIpc) is 3.21. The predicted octanol–water partition coefficient (Wildman–Crippen LogP) is 4.41. The summed E-state index contributed by atoms with van der Waals surface area (Å²) in [5.74, 6) is 0.00443. The summed E-state index contributed by atoms with van der Waals surface area (Å²) in [5.41, 5.74) is 8.40. The second-order valence-corrected chi connectivity index (χ2v) is 9.31. The largest absolute Gasteiger partial charge is 0.369 e. The molecule has 37 heavy (non-hydrogen) atoms. The van der Waals surface area contributed by atoms with Crippen molar-refractivity contribution in [3.05, 3.63) is 120 Å². The average molecular weight is 490 g/mol. The van der Waals surface area contributed by atoms with E-state index in [-0.39, 0.29) is 5.91 Å². The number of rotatable bonds is 0. The Morgan fingerprint density at radius 3 is 2.81 bits per heavy atom. The minimum atomic E-state index is -0.927. The predicted molar refractivity (Wildman–Crippen MR) is 145 cm³/mol. The molecule has 2 aliphatic heterocycles. The zero-order chi connectivity index (χ0) is 25.2. The van der Waals surface area contributed by atoms with Crippen LogP contribution in [0.25, 0.3) is 27.6 Å². The topological polar surface area (TPSA) is 102 Å². The van der Waals surface area contributed by atoms with E-state index in [0.717, 1.165) is 55.6 Å². The molecule has 4 heterocycles. The van der Waals surface area contributed by atoms with E-state index < -0.39 is 6.23 Å². The lowest BCUT2D eigenvalue weighted by Crippen LogP contribution is -2.23. The third kappa shape index (κ3) is 4.90. The Hall–Kier alpha value is -4.62. The van der Waals surface area contributed by atoms with Gasteiger partial charge < -0.3 is 26.0 Å². The molecule has 8 bridgehead atoms. The van der Waals surface area contributed by atoms with Crippen LogP contribution in [-0.4, -0.2) is 21.0 Å². The van der Waals surface area contributed by atoms with Gasteiger partial charge in [-0.15, -0.1) is 0 Å². The molecule has 7 heteroatoms. The van der Waals surface area contributed by atoms with E-state index in [0.29, 0.717) is 19.4 Å². The zero-order valence-electron chi connectivity index (χ0n) is 20.2. The highest BCUT2D eigenvalue weighted by atomic mass is 16.3. The molecule has 2 aromatic carbocycles. The van der Waals surface area contributed by atoms with Crippen LogP contribution in [0.1, 0.15) is 34.9 Å². The molecule has 7 nitrogen and oxygen atoms in total. The lowest BCUT2D eigenvalue weighted by Gasteiger charge is -2.16. The molecule has 1 amide bonds. The van der Waals surface area contributed by atoms with Gasteiger partial charge in [0.1, 0.15) is 0 Å². The molecule has 184 valence electrons. The SMILES string of the molecule is O=C1CCc2cccc(c2)C2=CC(=CNC=C2)NC(O)c2c[nH]c3ccc(cc23)-c2cncc(c2)CN1. The van der Waals surface area contributed by atoms with E-state index >= 15 is 0 Å². The first-order valence-corrected chi connectivity index (χ1v) is 12.3. The van der Waals surface area contributed by atoms with E-state index in [9.17, 15) is 9.90 Å². The third-order valence-corrected chi connectivity index (χ3v) is 6.74. The number of fused-ring (bicyclic) bond motifs is 8. The number of carbonyl (C=O) groups is 1. The number of hydrogen-bond acceptors (Lipinski definition) is 5. The number of aryl methyl sites for hydroxylation is 1. The zero-order valence-corrected chi connectivity index (χ0v) is 20.2. The van der Waals surface area contributed by atoms with Crippen LogP contribution in [0.3, 0.4) is 0 Å². The molecule has 1 unspecified atom stereocenters.